The lowest BCUT2D eigenvalue weighted by Gasteiger charge is -2.16. The Morgan fingerprint density at radius 1 is 1.41 bits per heavy atom. The topological polar surface area (TPSA) is 41.6 Å². The third-order valence-electron chi connectivity index (χ3n) is 2.56. The second kappa shape index (κ2) is 7.04. The van der Waals surface area contributed by atoms with Crippen LogP contribution in [-0.2, 0) is 0 Å². The molecule has 0 saturated heterocycles. The van der Waals surface area contributed by atoms with E-state index in [1.165, 1.54) is 0 Å². The van der Waals surface area contributed by atoms with Crippen LogP contribution in [0.3, 0.4) is 0 Å². The number of carbonyl (C=O) groups excluding carboxylic acids is 1. The number of benzene rings is 1. The molecule has 0 fully saturated rings. The third kappa shape index (κ3) is 4.17. The number of para-hydroxylation sites is 1. The summed E-state index contributed by atoms with van der Waals surface area (Å²) in [5, 5.41) is 3.06. The largest absolute Gasteiger partial charge is 0.496 e. The highest BCUT2D eigenvalue weighted by Gasteiger charge is 2.13. The Kier molecular flexibility index (Phi) is 5.66. The maximum absolute atomic E-state index is 12.1. The third-order valence-corrected chi connectivity index (χ3v) is 2.56. The molecule has 0 heterocycles. The highest BCUT2D eigenvalue weighted by molar-refractivity contribution is 6.00. The van der Waals surface area contributed by atoms with E-state index >= 15 is 0 Å². The van der Waals surface area contributed by atoms with E-state index in [1.54, 1.807) is 19.2 Å². The molecule has 0 aliphatic heterocycles. The quantitative estimate of drug-likeness (QED) is 0.718. The maximum atomic E-state index is 12.1. The van der Waals surface area contributed by atoms with E-state index in [-0.39, 0.29) is 5.78 Å². The predicted octanol–water partition coefficient (Wildman–Crippen LogP) is 1.03. The Bertz CT molecular complexity index is 366. The molecule has 0 aromatic heterocycles. The Hall–Kier alpha value is -1.39. The van der Waals surface area contributed by atoms with Crippen molar-refractivity contribution in [1.82, 2.24) is 10.2 Å². The van der Waals surface area contributed by atoms with E-state index in [0.29, 0.717) is 17.9 Å². The zero-order valence-corrected chi connectivity index (χ0v) is 10.7. The van der Waals surface area contributed by atoms with Crippen molar-refractivity contribution >= 4 is 5.78 Å². The maximum Gasteiger partial charge on any atom is 0.180 e. The fourth-order valence-corrected chi connectivity index (χ4v) is 1.59. The van der Waals surface area contributed by atoms with Crippen LogP contribution in [0.2, 0.25) is 0 Å². The number of hydrogen-bond acceptors (Lipinski definition) is 4. The van der Waals surface area contributed by atoms with Gasteiger partial charge in [0.15, 0.2) is 5.78 Å². The van der Waals surface area contributed by atoms with Crippen LogP contribution in [0.4, 0.5) is 0 Å². The van der Waals surface area contributed by atoms with Gasteiger partial charge in [0.05, 0.1) is 19.2 Å². The van der Waals surface area contributed by atoms with Crippen LogP contribution >= 0.6 is 0 Å². The molecule has 4 nitrogen and oxygen atoms in total. The van der Waals surface area contributed by atoms with Crippen molar-refractivity contribution in [3.8, 4) is 5.75 Å². The lowest BCUT2D eigenvalue weighted by molar-refractivity contribution is 0.0944. The minimum absolute atomic E-state index is 0.0843. The molecule has 1 N–H and O–H groups in total. The standard InChI is InChI=1S/C13H20N2O2/c1-14-8-9-15(2)10-12(16)11-6-4-5-7-13(11)17-3/h4-7,14H,8-10H2,1-3H3. The van der Waals surface area contributed by atoms with Crippen LogP contribution in [0.25, 0.3) is 0 Å². The van der Waals surface area contributed by atoms with Gasteiger partial charge in [0.25, 0.3) is 0 Å². The van der Waals surface area contributed by atoms with Gasteiger partial charge < -0.3 is 10.1 Å². The molecule has 0 bridgehead atoms. The van der Waals surface area contributed by atoms with Gasteiger partial charge in [-0.25, -0.2) is 0 Å². The van der Waals surface area contributed by atoms with E-state index < -0.39 is 0 Å². The molecule has 17 heavy (non-hydrogen) atoms. The minimum atomic E-state index is 0.0843. The van der Waals surface area contributed by atoms with Crippen molar-refractivity contribution in [3.63, 3.8) is 0 Å². The molecule has 0 spiro atoms. The minimum Gasteiger partial charge on any atom is -0.496 e. The lowest BCUT2D eigenvalue weighted by Crippen LogP contribution is -2.32. The van der Waals surface area contributed by atoms with Crippen LogP contribution < -0.4 is 10.1 Å². The monoisotopic (exact) mass is 236 g/mol. The Balaban J connectivity index is 2.63. The summed E-state index contributed by atoms with van der Waals surface area (Å²) in [6.45, 7) is 2.12. The molecule has 0 unspecified atom stereocenters. The van der Waals surface area contributed by atoms with Crippen LogP contribution in [0, 0.1) is 0 Å². The van der Waals surface area contributed by atoms with Gasteiger partial charge in [-0.05, 0) is 26.2 Å². The van der Waals surface area contributed by atoms with Gasteiger partial charge in [0, 0.05) is 13.1 Å². The van der Waals surface area contributed by atoms with Crippen LogP contribution in [0.15, 0.2) is 24.3 Å². The van der Waals surface area contributed by atoms with Crippen molar-refractivity contribution in [3.05, 3.63) is 29.8 Å². The fraction of sp³-hybridized carbons (Fsp3) is 0.462. The van der Waals surface area contributed by atoms with E-state index in [2.05, 4.69) is 5.32 Å². The number of likely N-dealkylation sites (N-methyl/N-ethyl adjacent to an activating group) is 2. The van der Waals surface area contributed by atoms with E-state index in [1.807, 2.05) is 31.1 Å². The molecule has 4 heteroatoms. The lowest BCUT2D eigenvalue weighted by atomic mass is 10.1. The molecular weight excluding hydrogens is 216 g/mol. The number of ketones is 1. The Morgan fingerprint density at radius 2 is 2.12 bits per heavy atom. The highest BCUT2D eigenvalue weighted by atomic mass is 16.5. The average molecular weight is 236 g/mol. The van der Waals surface area contributed by atoms with E-state index in [4.69, 9.17) is 4.74 Å². The van der Waals surface area contributed by atoms with Crippen molar-refractivity contribution in [1.29, 1.82) is 0 Å². The average Bonchev–Trinajstić information content (AvgIpc) is 2.36. The van der Waals surface area contributed by atoms with Gasteiger partial charge in [-0.2, -0.15) is 0 Å². The summed E-state index contributed by atoms with van der Waals surface area (Å²) in [7, 11) is 5.41. The molecule has 0 radical (unpaired) electrons. The summed E-state index contributed by atoms with van der Waals surface area (Å²) in [4.78, 5) is 14.0. The number of rotatable bonds is 7. The molecule has 0 saturated carbocycles. The number of hydrogen-bond donors (Lipinski definition) is 1. The van der Waals surface area contributed by atoms with Crippen LogP contribution in [-0.4, -0.2) is 51.5 Å². The summed E-state index contributed by atoms with van der Waals surface area (Å²) >= 11 is 0. The number of ether oxygens (including phenoxy) is 1. The first kappa shape index (κ1) is 13.7. The fourth-order valence-electron chi connectivity index (χ4n) is 1.59. The van der Waals surface area contributed by atoms with Crippen LogP contribution in [0.5, 0.6) is 5.75 Å². The van der Waals surface area contributed by atoms with E-state index in [0.717, 1.165) is 13.1 Å². The first-order valence-corrected chi connectivity index (χ1v) is 5.68. The van der Waals surface area contributed by atoms with E-state index in [9.17, 15) is 4.79 Å². The first-order valence-electron chi connectivity index (χ1n) is 5.68. The van der Waals surface area contributed by atoms with Gasteiger partial charge in [0.2, 0.25) is 0 Å². The van der Waals surface area contributed by atoms with Gasteiger partial charge in [-0.15, -0.1) is 0 Å². The highest BCUT2D eigenvalue weighted by Crippen LogP contribution is 2.17. The second-order valence-corrected chi connectivity index (χ2v) is 3.96. The number of methoxy groups -OCH3 is 1. The predicted molar refractivity (Wildman–Crippen MR) is 68.7 cm³/mol. The van der Waals surface area contributed by atoms with Crippen molar-refractivity contribution in [2.24, 2.45) is 0 Å². The number of carbonyl (C=O) groups is 1. The molecule has 94 valence electrons. The molecule has 0 atom stereocenters. The van der Waals surface area contributed by atoms with Gasteiger partial charge >= 0.3 is 0 Å². The normalized spacial score (nSPS) is 10.6. The molecule has 1 rings (SSSR count). The zero-order chi connectivity index (χ0) is 12.7. The summed E-state index contributed by atoms with van der Waals surface area (Å²) in [5.41, 5.74) is 0.645. The Labute approximate surface area is 103 Å². The molecule has 1 aromatic carbocycles. The van der Waals surface area contributed by atoms with Gasteiger partial charge in [-0.1, -0.05) is 12.1 Å². The van der Waals surface area contributed by atoms with Crippen LogP contribution in [0.1, 0.15) is 10.4 Å². The summed E-state index contributed by atoms with van der Waals surface area (Å²) < 4.78 is 5.18. The number of Topliss-reactive ketones (excluding diaryl/α,β-unsaturated/α-hetero) is 1. The van der Waals surface area contributed by atoms with Crippen molar-refractivity contribution in [2.75, 3.05) is 40.8 Å². The van der Waals surface area contributed by atoms with Crippen molar-refractivity contribution < 1.29 is 9.53 Å². The van der Waals surface area contributed by atoms with Gasteiger partial charge in [0.1, 0.15) is 5.75 Å². The summed E-state index contributed by atoms with van der Waals surface area (Å²) in [6, 6.07) is 7.32. The molecule has 1 aromatic rings. The van der Waals surface area contributed by atoms with Crippen molar-refractivity contribution in [2.45, 2.75) is 0 Å². The molecule has 0 amide bonds. The Morgan fingerprint density at radius 3 is 2.76 bits per heavy atom. The zero-order valence-electron chi connectivity index (χ0n) is 10.7. The first-order chi connectivity index (χ1) is 8.19. The summed E-state index contributed by atoms with van der Waals surface area (Å²) in [6.07, 6.45) is 0. The number of nitrogens with zero attached hydrogens (tertiary/aromatic N) is 1. The molecule has 0 aliphatic carbocycles. The molecule has 0 aliphatic rings. The second-order valence-electron chi connectivity index (χ2n) is 3.96. The number of nitrogens with one attached hydrogen (secondary N) is 1. The molecular formula is C13H20N2O2. The SMILES string of the molecule is CNCCN(C)CC(=O)c1ccccc1OC. The van der Waals surface area contributed by atoms with Gasteiger partial charge in [-0.3, -0.25) is 9.69 Å². The smallest absolute Gasteiger partial charge is 0.180 e. The summed E-state index contributed by atoms with van der Waals surface area (Å²) in [5.74, 6) is 0.723.